The Morgan fingerprint density at radius 2 is 1.37 bits per heavy atom. The minimum atomic E-state index is -4.69. The third-order valence-electron chi connectivity index (χ3n) is 9.96. The summed E-state index contributed by atoms with van der Waals surface area (Å²) in [6.45, 7) is 0.520. The molecule has 0 aliphatic rings. The third-order valence-corrected chi connectivity index (χ3v) is 11.6. The van der Waals surface area contributed by atoms with Crippen LogP contribution in [0, 0.1) is 20.2 Å². The second kappa shape index (κ2) is 18.4. The number of nitrogens with zero attached hydrogens (tertiary/aromatic N) is 3. The lowest BCUT2D eigenvalue weighted by atomic mass is 10.0. The van der Waals surface area contributed by atoms with Gasteiger partial charge >= 0.3 is 0 Å². The molecule has 2 amide bonds. The maximum Gasteiger partial charge on any atom is 0.289 e. The molecule has 0 fully saturated rings. The van der Waals surface area contributed by atoms with Gasteiger partial charge in [0.15, 0.2) is 0 Å². The number of sulfonamides is 1. The summed E-state index contributed by atoms with van der Waals surface area (Å²) in [7, 11) is -3.08. The van der Waals surface area contributed by atoms with Crippen LogP contribution >= 0.6 is 11.6 Å². The second-order valence-corrected chi connectivity index (χ2v) is 16.1. The van der Waals surface area contributed by atoms with Crippen molar-refractivity contribution in [1.29, 1.82) is 0 Å². The molecule has 17 heteroatoms. The van der Waals surface area contributed by atoms with Gasteiger partial charge in [-0.05, 0) is 82.4 Å². The first-order valence-electron chi connectivity index (χ1n) is 18.9. The van der Waals surface area contributed by atoms with Crippen LogP contribution in [0.5, 0.6) is 11.5 Å². The number of methoxy groups -OCH3 is 1. The SMILES string of the molecule is COc1ccc(-c2ccc(Cn3cc(C(=O)N[C@@H](Cc4ccc(OCc5ccc([N+](=O)[O-])cc5)cc4)C(=O)NS(=O)(=O)c4ccc(Cl)c([N+](=O)[O-])c4)c4ccccc43)cc2)cc1. The molecular weight excluding hydrogens is 838 g/mol. The van der Waals surface area contributed by atoms with Crippen molar-refractivity contribution >= 4 is 55.7 Å². The first-order chi connectivity index (χ1) is 29.8. The van der Waals surface area contributed by atoms with Gasteiger partial charge in [0, 0.05) is 48.3 Å². The largest absolute Gasteiger partial charge is 0.497 e. The van der Waals surface area contributed by atoms with Gasteiger partial charge in [-0.25, -0.2) is 13.1 Å². The summed E-state index contributed by atoms with van der Waals surface area (Å²) in [5, 5.41) is 25.5. The van der Waals surface area contributed by atoms with Crippen molar-refractivity contribution in [3.05, 3.63) is 193 Å². The molecule has 0 unspecified atom stereocenters. The molecule has 1 atom stereocenters. The predicted octanol–water partition coefficient (Wildman–Crippen LogP) is 8.26. The lowest BCUT2D eigenvalue weighted by Gasteiger charge is -2.19. The molecule has 0 bridgehead atoms. The molecule has 2 N–H and O–H groups in total. The third kappa shape index (κ3) is 9.89. The average molecular weight is 874 g/mol. The summed E-state index contributed by atoms with van der Waals surface area (Å²) < 4.78 is 41.9. The van der Waals surface area contributed by atoms with Crippen LogP contribution < -0.4 is 19.5 Å². The number of rotatable bonds is 16. The van der Waals surface area contributed by atoms with Gasteiger partial charge in [0.25, 0.3) is 33.2 Å². The highest BCUT2D eigenvalue weighted by atomic mass is 35.5. The number of nitro groups is 2. The van der Waals surface area contributed by atoms with Crippen molar-refractivity contribution in [2.75, 3.05) is 7.11 Å². The van der Waals surface area contributed by atoms with Gasteiger partial charge in [-0.2, -0.15) is 0 Å². The summed E-state index contributed by atoms with van der Waals surface area (Å²) in [4.78, 5) is 48.7. The van der Waals surface area contributed by atoms with Crippen molar-refractivity contribution in [3.63, 3.8) is 0 Å². The van der Waals surface area contributed by atoms with Crippen LogP contribution in [0.1, 0.15) is 27.0 Å². The Bertz CT molecular complexity index is 2900. The van der Waals surface area contributed by atoms with E-state index in [1.54, 1.807) is 61.8 Å². The highest BCUT2D eigenvalue weighted by molar-refractivity contribution is 7.90. The van der Waals surface area contributed by atoms with Gasteiger partial charge in [0.2, 0.25) is 0 Å². The molecule has 0 aliphatic heterocycles. The zero-order valence-electron chi connectivity index (χ0n) is 32.8. The molecule has 6 aromatic carbocycles. The summed E-state index contributed by atoms with van der Waals surface area (Å²) in [5.74, 6) is -0.563. The Morgan fingerprint density at radius 1 is 0.758 bits per heavy atom. The van der Waals surface area contributed by atoms with Gasteiger partial charge < -0.3 is 19.4 Å². The molecule has 0 saturated heterocycles. The highest BCUT2D eigenvalue weighted by Crippen LogP contribution is 2.28. The fourth-order valence-corrected chi connectivity index (χ4v) is 7.91. The van der Waals surface area contributed by atoms with Gasteiger partial charge in [0.05, 0.1) is 27.4 Å². The molecule has 0 saturated carbocycles. The maximum absolute atomic E-state index is 14.2. The normalized spacial score (nSPS) is 11.7. The van der Waals surface area contributed by atoms with E-state index in [0.717, 1.165) is 46.2 Å². The lowest BCUT2D eigenvalue weighted by molar-refractivity contribution is -0.385. The highest BCUT2D eigenvalue weighted by Gasteiger charge is 2.29. The Kier molecular flexibility index (Phi) is 12.6. The van der Waals surface area contributed by atoms with E-state index < -0.39 is 48.3 Å². The van der Waals surface area contributed by atoms with Crippen LogP contribution in [0.15, 0.2) is 151 Å². The molecule has 0 radical (unpaired) electrons. The number of fused-ring (bicyclic) bond motifs is 1. The van der Waals surface area contributed by atoms with Crippen molar-refractivity contribution < 1.29 is 37.3 Å². The number of hydrogen-bond acceptors (Lipinski definition) is 10. The fourth-order valence-electron chi connectivity index (χ4n) is 6.69. The van der Waals surface area contributed by atoms with Crippen LogP contribution in [-0.2, 0) is 34.4 Å². The van der Waals surface area contributed by atoms with Crippen LogP contribution in [0.3, 0.4) is 0 Å². The first kappa shape index (κ1) is 42.6. The minimum absolute atomic E-state index is 0.0517. The van der Waals surface area contributed by atoms with Crippen molar-refractivity contribution in [2.24, 2.45) is 0 Å². The molecule has 314 valence electrons. The van der Waals surface area contributed by atoms with Crippen molar-refractivity contribution in [1.82, 2.24) is 14.6 Å². The molecule has 0 aliphatic carbocycles. The van der Waals surface area contributed by atoms with E-state index >= 15 is 0 Å². The quantitative estimate of drug-likeness (QED) is 0.0703. The smallest absolute Gasteiger partial charge is 0.289 e. The van der Waals surface area contributed by atoms with Crippen molar-refractivity contribution in [3.8, 4) is 22.6 Å². The summed E-state index contributed by atoms with van der Waals surface area (Å²) in [6.07, 6.45) is 1.50. The predicted molar refractivity (Wildman–Crippen MR) is 232 cm³/mol. The average Bonchev–Trinajstić information content (AvgIpc) is 3.64. The molecule has 7 rings (SSSR count). The second-order valence-electron chi connectivity index (χ2n) is 14.0. The van der Waals surface area contributed by atoms with Gasteiger partial charge in [-0.15, -0.1) is 0 Å². The van der Waals surface area contributed by atoms with Crippen LogP contribution in [-0.4, -0.2) is 47.8 Å². The van der Waals surface area contributed by atoms with Crippen molar-refractivity contribution in [2.45, 2.75) is 30.5 Å². The summed E-state index contributed by atoms with van der Waals surface area (Å²) in [6, 6.07) is 36.8. The minimum Gasteiger partial charge on any atom is -0.497 e. The van der Waals surface area contributed by atoms with E-state index in [4.69, 9.17) is 21.1 Å². The fraction of sp³-hybridized carbons (Fsp3) is 0.111. The lowest BCUT2D eigenvalue weighted by Crippen LogP contribution is -2.49. The number of hydrogen-bond donors (Lipinski definition) is 2. The Balaban J connectivity index is 1.12. The van der Waals surface area contributed by atoms with Gasteiger partial charge in [0.1, 0.15) is 29.2 Å². The number of aromatic nitrogens is 1. The maximum atomic E-state index is 14.2. The first-order valence-corrected chi connectivity index (χ1v) is 20.7. The monoisotopic (exact) mass is 873 g/mol. The number of para-hydroxylation sites is 1. The summed E-state index contributed by atoms with van der Waals surface area (Å²) in [5.41, 5.74) is 4.46. The van der Waals surface area contributed by atoms with E-state index in [9.17, 15) is 38.2 Å². The Labute approximate surface area is 359 Å². The van der Waals surface area contributed by atoms with Crippen LogP contribution in [0.2, 0.25) is 5.02 Å². The van der Waals surface area contributed by atoms with E-state index in [1.807, 2.05) is 70.0 Å². The molecule has 1 aromatic heterocycles. The standard InChI is InChI=1S/C45H36ClN5O10S/c1-60-35-20-14-33(15-21-35)32-12-6-30(7-13-32)26-49-27-39(38-4-2-3-5-42(38)49)44(52)47-41(45(53)48-62(58,59)37-22-23-40(46)43(25-37)51(56)57)24-29-10-18-36(19-11-29)61-28-31-8-16-34(17-9-31)50(54)55/h2-23,25,27,41H,24,26,28H2,1H3,(H,47,52)(H,48,53)/t41-/m0/s1. The number of benzene rings is 6. The molecule has 62 heavy (non-hydrogen) atoms. The van der Waals surface area contributed by atoms with E-state index in [-0.39, 0.29) is 29.3 Å². The molecule has 0 spiro atoms. The molecule has 7 aromatic rings. The zero-order valence-corrected chi connectivity index (χ0v) is 34.3. The Hall–Kier alpha value is -7.56. The number of nitrogens with one attached hydrogen (secondary N) is 2. The van der Waals surface area contributed by atoms with Crippen LogP contribution in [0.25, 0.3) is 22.0 Å². The zero-order chi connectivity index (χ0) is 44.0. The summed E-state index contributed by atoms with van der Waals surface area (Å²) >= 11 is 5.90. The topological polar surface area (TPSA) is 202 Å². The number of carbonyl (C=O) groups is 2. The molecule has 1 heterocycles. The molecular formula is C45H36ClN5O10S. The van der Waals surface area contributed by atoms with Crippen LogP contribution in [0.4, 0.5) is 11.4 Å². The number of nitro benzene ring substituents is 2. The number of halogens is 1. The Morgan fingerprint density at radius 3 is 2.02 bits per heavy atom. The molecule has 15 nitrogen and oxygen atoms in total. The van der Waals surface area contributed by atoms with Gasteiger partial charge in [-0.1, -0.05) is 78.3 Å². The number of carbonyl (C=O) groups excluding carboxylic acids is 2. The van der Waals surface area contributed by atoms with E-state index in [2.05, 4.69) is 5.32 Å². The number of non-ortho nitro benzene ring substituents is 1. The number of ether oxygens (including phenoxy) is 2. The number of amides is 2. The van der Waals surface area contributed by atoms with E-state index in [1.165, 1.54) is 12.1 Å². The van der Waals surface area contributed by atoms with E-state index in [0.29, 0.717) is 28.8 Å². The van der Waals surface area contributed by atoms with Gasteiger partial charge in [-0.3, -0.25) is 29.8 Å².